The van der Waals surface area contributed by atoms with E-state index in [1.54, 1.807) is 4.57 Å². The average molecular weight is 561 g/mol. The lowest BCUT2D eigenvalue weighted by atomic mass is 9.74. The molecule has 214 valence electrons. The third-order valence-electron chi connectivity index (χ3n) is 8.60. The Kier molecular flexibility index (Phi) is 6.87. The number of imidazole rings is 1. The zero-order chi connectivity index (χ0) is 28.3. The van der Waals surface area contributed by atoms with E-state index in [0.29, 0.717) is 11.1 Å². The van der Waals surface area contributed by atoms with Crippen molar-refractivity contribution in [1.29, 1.82) is 0 Å². The van der Waals surface area contributed by atoms with Crippen LogP contribution in [0.25, 0.3) is 11.0 Å². The Morgan fingerprint density at radius 1 is 1.08 bits per heavy atom. The van der Waals surface area contributed by atoms with Crippen LogP contribution in [0.1, 0.15) is 57.1 Å². The molecule has 0 N–H and O–H groups in total. The summed E-state index contributed by atoms with van der Waals surface area (Å²) in [7, 11) is 0. The van der Waals surface area contributed by atoms with Gasteiger partial charge in [-0.2, -0.15) is 26.3 Å². The molecule has 13 heteroatoms. The number of carbonyl (C=O) groups is 2. The summed E-state index contributed by atoms with van der Waals surface area (Å²) in [5.41, 5.74) is -0.914. The number of hydrogen-bond donors (Lipinski definition) is 0. The van der Waals surface area contributed by atoms with Crippen LogP contribution in [0.2, 0.25) is 0 Å². The van der Waals surface area contributed by atoms with Crippen molar-refractivity contribution in [2.45, 2.75) is 83.6 Å². The molecule has 39 heavy (non-hydrogen) atoms. The molecule has 0 spiro atoms. The van der Waals surface area contributed by atoms with Crippen LogP contribution in [0.4, 0.5) is 26.3 Å². The fourth-order valence-electron chi connectivity index (χ4n) is 6.57. The molecule has 1 saturated heterocycles. The molecule has 1 aromatic heterocycles. The van der Waals surface area contributed by atoms with Gasteiger partial charge in [0.25, 0.3) is 0 Å². The summed E-state index contributed by atoms with van der Waals surface area (Å²) in [5.74, 6) is -2.52. The Morgan fingerprint density at radius 2 is 1.77 bits per heavy atom. The van der Waals surface area contributed by atoms with Gasteiger partial charge in [-0.15, -0.1) is 0 Å². The van der Waals surface area contributed by atoms with Crippen molar-refractivity contribution in [3.05, 3.63) is 29.6 Å². The minimum Gasteiger partial charge on any atom is -0.381 e. The Hall–Kier alpha value is -2.83. The molecular weight excluding hydrogens is 530 g/mol. The van der Waals surface area contributed by atoms with Crippen LogP contribution < -0.4 is 0 Å². The van der Waals surface area contributed by atoms with Crippen LogP contribution in [0, 0.1) is 11.3 Å². The summed E-state index contributed by atoms with van der Waals surface area (Å²) in [6.45, 7) is 4.13. The molecule has 5 rings (SSSR count). The van der Waals surface area contributed by atoms with Gasteiger partial charge >= 0.3 is 18.3 Å². The van der Waals surface area contributed by atoms with E-state index in [0.717, 1.165) is 17.0 Å². The lowest BCUT2D eigenvalue weighted by Gasteiger charge is -2.42. The second-order valence-corrected chi connectivity index (χ2v) is 11.1. The summed E-state index contributed by atoms with van der Waals surface area (Å²) in [5, 5.41) is 0. The highest BCUT2D eigenvalue weighted by molar-refractivity contribution is 5.87. The minimum atomic E-state index is -5.05. The van der Waals surface area contributed by atoms with E-state index < -0.39 is 41.3 Å². The van der Waals surface area contributed by atoms with Gasteiger partial charge in [0.2, 0.25) is 5.91 Å². The standard InChI is InChI=1S/C26H30F6N4O3/c1-15(2)24(6-3-19(11-24)36(23(38)26(30,31)32)18-4-7-39-8-5-18)22(37)34-12-16-9-17(25(27,28)29)10-20-21(16)35(14-34)13-33-20/h9-10,13,15,18-19H,3-8,11-12,14H2,1-2H3/t19-,24+/m1/s1. The van der Waals surface area contributed by atoms with Crippen molar-refractivity contribution in [2.75, 3.05) is 13.2 Å². The number of carbonyl (C=O) groups excluding carboxylic acids is 2. The smallest absolute Gasteiger partial charge is 0.381 e. The normalized spacial score (nSPS) is 24.5. The van der Waals surface area contributed by atoms with Gasteiger partial charge in [0.1, 0.15) is 0 Å². The van der Waals surface area contributed by atoms with Crippen molar-refractivity contribution < 1.29 is 40.7 Å². The number of amides is 2. The predicted octanol–water partition coefficient (Wildman–Crippen LogP) is 5.12. The molecule has 0 radical (unpaired) electrons. The van der Waals surface area contributed by atoms with Gasteiger partial charge in [-0.3, -0.25) is 9.59 Å². The predicted molar refractivity (Wildman–Crippen MR) is 127 cm³/mol. The van der Waals surface area contributed by atoms with Crippen LogP contribution in [-0.2, 0) is 33.7 Å². The summed E-state index contributed by atoms with van der Waals surface area (Å²) in [6, 6.07) is 0.571. The zero-order valence-corrected chi connectivity index (χ0v) is 21.6. The molecule has 7 nitrogen and oxygen atoms in total. The number of aromatic nitrogens is 2. The molecule has 1 saturated carbocycles. The fraction of sp³-hybridized carbons (Fsp3) is 0.654. The van der Waals surface area contributed by atoms with E-state index in [2.05, 4.69) is 4.98 Å². The highest BCUT2D eigenvalue weighted by atomic mass is 19.4. The Bertz CT molecular complexity index is 1270. The van der Waals surface area contributed by atoms with Crippen LogP contribution >= 0.6 is 0 Å². The first-order valence-corrected chi connectivity index (χ1v) is 13.0. The molecule has 0 unspecified atom stereocenters. The van der Waals surface area contributed by atoms with Gasteiger partial charge in [0, 0.05) is 31.8 Å². The van der Waals surface area contributed by atoms with Crippen LogP contribution in [0.15, 0.2) is 18.5 Å². The molecular formula is C26H30F6N4O3. The minimum absolute atomic E-state index is 0.0496. The Labute approximate surface area is 221 Å². The SMILES string of the molecule is CC(C)[C@]1(C(=O)N2Cc3cc(C(F)(F)F)cc4ncn(c34)C2)CC[C@@H](N(C(=O)C(F)(F)F)C2CCOCC2)C1. The van der Waals surface area contributed by atoms with Crippen molar-refractivity contribution in [2.24, 2.45) is 11.3 Å². The second-order valence-electron chi connectivity index (χ2n) is 11.1. The van der Waals surface area contributed by atoms with Gasteiger partial charge < -0.3 is 19.1 Å². The maximum Gasteiger partial charge on any atom is 0.471 e. The average Bonchev–Trinajstić information content (AvgIpc) is 3.50. The largest absolute Gasteiger partial charge is 0.471 e. The Morgan fingerprint density at radius 3 is 2.38 bits per heavy atom. The lowest BCUT2D eigenvalue weighted by Crippen LogP contribution is -2.54. The van der Waals surface area contributed by atoms with Gasteiger partial charge in [0.15, 0.2) is 0 Å². The molecule has 3 heterocycles. The van der Waals surface area contributed by atoms with E-state index in [9.17, 15) is 35.9 Å². The van der Waals surface area contributed by atoms with E-state index in [-0.39, 0.29) is 75.9 Å². The van der Waals surface area contributed by atoms with Gasteiger partial charge in [-0.05, 0) is 55.7 Å². The van der Waals surface area contributed by atoms with E-state index in [1.807, 2.05) is 13.8 Å². The van der Waals surface area contributed by atoms with Gasteiger partial charge in [0.05, 0.1) is 35.0 Å². The number of hydrogen-bond acceptors (Lipinski definition) is 4. The maximum atomic E-state index is 14.1. The van der Waals surface area contributed by atoms with Crippen molar-refractivity contribution in [3.63, 3.8) is 0 Å². The van der Waals surface area contributed by atoms with Crippen molar-refractivity contribution in [3.8, 4) is 0 Å². The molecule has 2 fully saturated rings. The fourth-order valence-corrected chi connectivity index (χ4v) is 6.57. The number of alkyl halides is 6. The first kappa shape index (κ1) is 27.7. The van der Waals surface area contributed by atoms with E-state index >= 15 is 0 Å². The number of halogens is 6. The maximum absolute atomic E-state index is 14.1. The van der Waals surface area contributed by atoms with E-state index in [1.165, 1.54) is 11.2 Å². The van der Waals surface area contributed by atoms with Gasteiger partial charge in [-0.1, -0.05) is 13.8 Å². The third-order valence-corrected chi connectivity index (χ3v) is 8.60. The quantitative estimate of drug-likeness (QED) is 0.487. The molecule has 2 atom stereocenters. The molecule has 0 bridgehead atoms. The Balaban J connectivity index is 1.44. The molecule has 1 aromatic carbocycles. The third kappa shape index (κ3) is 4.87. The molecule has 2 aliphatic heterocycles. The summed E-state index contributed by atoms with van der Waals surface area (Å²) in [6.07, 6.45) is -7.15. The number of ether oxygens (including phenoxy) is 1. The molecule has 1 aliphatic carbocycles. The first-order valence-electron chi connectivity index (χ1n) is 13.0. The van der Waals surface area contributed by atoms with Crippen LogP contribution in [-0.4, -0.2) is 62.6 Å². The number of rotatable bonds is 4. The molecule has 3 aliphatic rings. The zero-order valence-electron chi connectivity index (χ0n) is 21.6. The highest BCUT2D eigenvalue weighted by Gasteiger charge is 2.55. The van der Waals surface area contributed by atoms with Gasteiger partial charge in [-0.25, -0.2) is 4.98 Å². The van der Waals surface area contributed by atoms with Crippen LogP contribution in [0.5, 0.6) is 0 Å². The summed E-state index contributed by atoms with van der Waals surface area (Å²) in [4.78, 5) is 33.2. The molecule has 2 amide bonds. The van der Waals surface area contributed by atoms with Crippen LogP contribution in [0.3, 0.4) is 0 Å². The van der Waals surface area contributed by atoms with E-state index in [4.69, 9.17) is 4.74 Å². The monoisotopic (exact) mass is 560 g/mol. The van der Waals surface area contributed by atoms with Crippen molar-refractivity contribution in [1.82, 2.24) is 19.4 Å². The number of nitrogens with zero attached hydrogens (tertiary/aromatic N) is 4. The summed E-state index contributed by atoms with van der Waals surface area (Å²) < 4.78 is 88.4. The molecule has 2 aromatic rings. The lowest BCUT2D eigenvalue weighted by molar-refractivity contribution is -0.192. The topological polar surface area (TPSA) is 67.7 Å². The second kappa shape index (κ2) is 9.67. The summed E-state index contributed by atoms with van der Waals surface area (Å²) >= 11 is 0. The van der Waals surface area contributed by atoms with Crippen molar-refractivity contribution >= 4 is 22.8 Å². The number of benzene rings is 1. The highest BCUT2D eigenvalue weighted by Crippen LogP contribution is 2.49. The first-order chi connectivity index (χ1) is 18.2.